The maximum Gasteiger partial charge on any atom is 0.234 e. The van der Waals surface area contributed by atoms with Crippen LogP contribution in [-0.4, -0.2) is 62.0 Å². The zero-order chi connectivity index (χ0) is 14.2. The van der Waals surface area contributed by atoms with E-state index >= 15 is 0 Å². The zero-order valence-corrected chi connectivity index (χ0v) is 12.1. The fraction of sp³-hybridized carbons (Fsp3) is 0.857. The molecule has 0 aromatic heterocycles. The Balaban J connectivity index is 1.49. The van der Waals surface area contributed by atoms with Crippen LogP contribution in [0.25, 0.3) is 0 Å². The van der Waals surface area contributed by atoms with Gasteiger partial charge in [-0.05, 0) is 38.8 Å². The molecule has 1 saturated carbocycles. The van der Waals surface area contributed by atoms with Crippen LogP contribution in [0.4, 0.5) is 0 Å². The Kier molecular flexibility index (Phi) is 6.26. The van der Waals surface area contributed by atoms with Crippen LogP contribution in [0.1, 0.15) is 32.1 Å². The van der Waals surface area contributed by atoms with Gasteiger partial charge < -0.3 is 16.0 Å². The highest BCUT2D eigenvalue weighted by Crippen LogP contribution is 2.18. The highest BCUT2D eigenvalue weighted by Gasteiger charge is 2.22. The number of amides is 2. The lowest BCUT2D eigenvalue weighted by Crippen LogP contribution is -2.39. The second kappa shape index (κ2) is 8.21. The molecule has 3 N–H and O–H groups in total. The van der Waals surface area contributed by atoms with E-state index in [0.717, 1.165) is 45.4 Å². The van der Waals surface area contributed by atoms with Gasteiger partial charge in [0.15, 0.2) is 0 Å². The van der Waals surface area contributed by atoms with E-state index in [1.54, 1.807) is 0 Å². The number of hydrogen-bond donors (Lipinski definition) is 3. The molecule has 6 nitrogen and oxygen atoms in total. The molecule has 0 unspecified atom stereocenters. The Labute approximate surface area is 120 Å². The van der Waals surface area contributed by atoms with Gasteiger partial charge in [-0.15, -0.1) is 0 Å². The van der Waals surface area contributed by atoms with Crippen molar-refractivity contribution in [1.82, 2.24) is 20.9 Å². The number of rotatable bonds is 7. The molecule has 6 heteroatoms. The van der Waals surface area contributed by atoms with E-state index in [4.69, 9.17) is 0 Å². The highest BCUT2D eigenvalue weighted by molar-refractivity contribution is 5.78. The first-order valence-corrected chi connectivity index (χ1v) is 7.73. The number of carbonyl (C=O) groups is 2. The van der Waals surface area contributed by atoms with Gasteiger partial charge in [0.05, 0.1) is 6.54 Å². The number of hydrogen-bond acceptors (Lipinski definition) is 4. The molecule has 2 amide bonds. The molecule has 0 radical (unpaired) electrons. The molecule has 114 valence electrons. The summed E-state index contributed by atoms with van der Waals surface area (Å²) in [6.07, 6.45) is 4.55. The summed E-state index contributed by atoms with van der Waals surface area (Å²) >= 11 is 0. The van der Waals surface area contributed by atoms with Crippen molar-refractivity contribution < 1.29 is 9.59 Å². The van der Waals surface area contributed by atoms with Crippen molar-refractivity contribution in [3.8, 4) is 0 Å². The average Bonchev–Trinajstić information content (AvgIpc) is 3.23. The molecule has 2 rings (SSSR count). The third-order valence-corrected chi connectivity index (χ3v) is 3.65. The maximum atomic E-state index is 11.8. The van der Waals surface area contributed by atoms with Gasteiger partial charge in [0.2, 0.25) is 11.8 Å². The molecule has 0 bridgehead atoms. The van der Waals surface area contributed by atoms with Crippen LogP contribution in [0.5, 0.6) is 0 Å². The number of carbonyl (C=O) groups excluding carboxylic acids is 2. The van der Waals surface area contributed by atoms with E-state index in [-0.39, 0.29) is 11.8 Å². The summed E-state index contributed by atoms with van der Waals surface area (Å²) in [7, 11) is 0. The van der Waals surface area contributed by atoms with Crippen LogP contribution < -0.4 is 16.0 Å². The van der Waals surface area contributed by atoms with E-state index in [1.807, 2.05) is 0 Å². The second-order valence-electron chi connectivity index (χ2n) is 5.67. The first-order chi connectivity index (χ1) is 9.74. The smallest absolute Gasteiger partial charge is 0.234 e. The molecule has 0 aromatic carbocycles. The Morgan fingerprint density at radius 1 is 1.15 bits per heavy atom. The van der Waals surface area contributed by atoms with Crippen LogP contribution in [0.2, 0.25) is 0 Å². The van der Waals surface area contributed by atoms with E-state index in [0.29, 0.717) is 32.0 Å². The fourth-order valence-electron chi connectivity index (χ4n) is 2.32. The van der Waals surface area contributed by atoms with Crippen LogP contribution >= 0.6 is 0 Å². The normalized spacial score (nSPS) is 20.2. The molecule has 1 aliphatic heterocycles. The minimum Gasteiger partial charge on any atom is -0.355 e. The van der Waals surface area contributed by atoms with E-state index in [2.05, 4.69) is 20.9 Å². The van der Waals surface area contributed by atoms with Crippen molar-refractivity contribution in [1.29, 1.82) is 0 Å². The van der Waals surface area contributed by atoms with Crippen molar-refractivity contribution in [2.24, 2.45) is 0 Å². The minimum absolute atomic E-state index is 0.0644. The molecule has 1 aliphatic carbocycles. The van der Waals surface area contributed by atoms with E-state index in [9.17, 15) is 9.59 Å². The lowest BCUT2D eigenvalue weighted by atomic mass is 10.3. The number of nitrogens with one attached hydrogen (secondary N) is 3. The van der Waals surface area contributed by atoms with Gasteiger partial charge in [-0.3, -0.25) is 14.5 Å². The van der Waals surface area contributed by atoms with Crippen LogP contribution in [-0.2, 0) is 9.59 Å². The summed E-state index contributed by atoms with van der Waals surface area (Å²) in [5, 5.41) is 9.16. The first-order valence-electron chi connectivity index (χ1n) is 7.73. The van der Waals surface area contributed by atoms with Crippen molar-refractivity contribution in [2.45, 2.75) is 38.1 Å². The number of nitrogens with zero attached hydrogens (tertiary/aromatic N) is 1. The minimum atomic E-state index is 0.0644. The summed E-state index contributed by atoms with van der Waals surface area (Å²) in [5.74, 6) is 0.176. The first kappa shape index (κ1) is 15.3. The van der Waals surface area contributed by atoms with Gasteiger partial charge in [0.1, 0.15) is 0 Å². The molecule has 20 heavy (non-hydrogen) atoms. The van der Waals surface area contributed by atoms with Gasteiger partial charge >= 0.3 is 0 Å². The van der Waals surface area contributed by atoms with Crippen LogP contribution in [0, 0.1) is 0 Å². The van der Waals surface area contributed by atoms with Crippen molar-refractivity contribution >= 4 is 11.8 Å². The molecule has 2 fully saturated rings. The third kappa shape index (κ3) is 6.34. The monoisotopic (exact) mass is 282 g/mol. The van der Waals surface area contributed by atoms with Crippen LogP contribution in [0.3, 0.4) is 0 Å². The van der Waals surface area contributed by atoms with E-state index < -0.39 is 0 Å². The SMILES string of the molecule is O=C(CN1CCCNCC1)NCCCC(=O)NC1CC1. The Morgan fingerprint density at radius 2 is 2.00 bits per heavy atom. The summed E-state index contributed by atoms with van der Waals surface area (Å²) < 4.78 is 0. The molecular formula is C14H26N4O2. The maximum absolute atomic E-state index is 11.8. The molecule has 2 aliphatic rings. The van der Waals surface area contributed by atoms with Gasteiger partial charge in [-0.25, -0.2) is 0 Å². The molecule has 0 atom stereocenters. The summed E-state index contributed by atoms with van der Waals surface area (Å²) in [6.45, 7) is 4.95. The summed E-state index contributed by atoms with van der Waals surface area (Å²) in [5.41, 5.74) is 0. The molecule has 1 saturated heterocycles. The van der Waals surface area contributed by atoms with Gasteiger partial charge in [0, 0.05) is 32.1 Å². The molecular weight excluding hydrogens is 256 g/mol. The molecule has 0 aromatic rings. The average molecular weight is 282 g/mol. The highest BCUT2D eigenvalue weighted by atomic mass is 16.2. The Bertz CT molecular complexity index is 323. The topological polar surface area (TPSA) is 73.5 Å². The zero-order valence-electron chi connectivity index (χ0n) is 12.1. The summed E-state index contributed by atoms with van der Waals surface area (Å²) in [4.78, 5) is 25.4. The van der Waals surface area contributed by atoms with Gasteiger partial charge in [-0.2, -0.15) is 0 Å². The summed E-state index contributed by atoms with van der Waals surface area (Å²) in [6, 6.07) is 0.425. The van der Waals surface area contributed by atoms with Crippen molar-refractivity contribution in [3.05, 3.63) is 0 Å². The quantitative estimate of drug-likeness (QED) is 0.548. The van der Waals surface area contributed by atoms with Gasteiger partial charge in [-0.1, -0.05) is 0 Å². The molecule has 1 heterocycles. The van der Waals surface area contributed by atoms with E-state index in [1.165, 1.54) is 0 Å². The predicted octanol–water partition coefficient (Wildman–Crippen LogP) is -0.543. The lowest BCUT2D eigenvalue weighted by Gasteiger charge is -2.18. The van der Waals surface area contributed by atoms with Crippen molar-refractivity contribution in [3.63, 3.8) is 0 Å². The largest absolute Gasteiger partial charge is 0.355 e. The second-order valence-corrected chi connectivity index (χ2v) is 5.67. The molecule has 0 spiro atoms. The predicted molar refractivity (Wildman–Crippen MR) is 77.3 cm³/mol. The Morgan fingerprint density at radius 3 is 2.80 bits per heavy atom. The fourth-order valence-corrected chi connectivity index (χ4v) is 2.32. The van der Waals surface area contributed by atoms with Crippen molar-refractivity contribution in [2.75, 3.05) is 39.3 Å². The van der Waals surface area contributed by atoms with Crippen LogP contribution in [0.15, 0.2) is 0 Å². The van der Waals surface area contributed by atoms with Gasteiger partial charge in [0.25, 0.3) is 0 Å². The third-order valence-electron chi connectivity index (χ3n) is 3.65. The Hall–Kier alpha value is -1.14. The standard InChI is InChI=1S/C14H26N4O2/c19-13(17-12-4-5-12)3-1-7-16-14(20)11-18-9-2-6-15-8-10-18/h12,15H,1-11H2,(H,16,20)(H,17,19). The lowest BCUT2D eigenvalue weighted by molar-refractivity contribution is -0.123.